The van der Waals surface area contributed by atoms with E-state index in [1.165, 1.54) is 31.2 Å². The van der Waals surface area contributed by atoms with Crippen molar-refractivity contribution in [3.63, 3.8) is 0 Å². The van der Waals surface area contributed by atoms with E-state index in [2.05, 4.69) is 23.0 Å². The van der Waals surface area contributed by atoms with Crippen molar-refractivity contribution in [1.82, 2.24) is 9.88 Å². The molecule has 1 aromatic heterocycles. The van der Waals surface area contributed by atoms with Crippen LogP contribution in [0.1, 0.15) is 36.9 Å². The molecule has 0 saturated heterocycles. The molecule has 0 amide bonds. The van der Waals surface area contributed by atoms with Crippen LogP contribution in [-0.4, -0.2) is 23.0 Å². The molecule has 0 radical (unpaired) electrons. The summed E-state index contributed by atoms with van der Waals surface area (Å²) < 4.78 is 0. The first-order valence-electron chi connectivity index (χ1n) is 5.85. The molecule has 0 unspecified atom stereocenters. The predicted molar refractivity (Wildman–Crippen MR) is 62.7 cm³/mol. The fourth-order valence-electron chi connectivity index (χ4n) is 2.40. The van der Waals surface area contributed by atoms with Gasteiger partial charge in [0.05, 0.1) is 0 Å². The van der Waals surface area contributed by atoms with Gasteiger partial charge < -0.3 is 0 Å². The summed E-state index contributed by atoms with van der Waals surface area (Å²) in [4.78, 5) is 6.38. The first-order chi connectivity index (χ1) is 7.79. The maximum absolute atomic E-state index is 8.78. The third-order valence-electron chi connectivity index (χ3n) is 3.32. The quantitative estimate of drug-likeness (QED) is 0.777. The molecule has 1 saturated carbocycles. The fourth-order valence-corrected chi connectivity index (χ4v) is 2.40. The van der Waals surface area contributed by atoms with Gasteiger partial charge in [0.1, 0.15) is 11.8 Å². The second-order valence-electron chi connectivity index (χ2n) is 4.51. The van der Waals surface area contributed by atoms with Crippen molar-refractivity contribution in [3.8, 4) is 6.07 Å². The van der Waals surface area contributed by atoms with Gasteiger partial charge in [-0.15, -0.1) is 0 Å². The topological polar surface area (TPSA) is 39.9 Å². The lowest BCUT2D eigenvalue weighted by Gasteiger charge is -2.23. The maximum atomic E-state index is 8.78. The summed E-state index contributed by atoms with van der Waals surface area (Å²) in [7, 11) is 2.17. The minimum absolute atomic E-state index is 0.511. The van der Waals surface area contributed by atoms with Gasteiger partial charge in [0, 0.05) is 18.8 Å². The summed E-state index contributed by atoms with van der Waals surface area (Å²) in [6, 6.07) is 6.67. The smallest absolute Gasteiger partial charge is 0.140 e. The summed E-state index contributed by atoms with van der Waals surface area (Å²) in [6.45, 7) is 0.919. The van der Waals surface area contributed by atoms with Crippen LogP contribution in [0.25, 0.3) is 0 Å². The lowest BCUT2D eigenvalue weighted by Crippen LogP contribution is -2.28. The molecule has 1 aromatic rings. The van der Waals surface area contributed by atoms with Crippen molar-refractivity contribution in [1.29, 1.82) is 5.26 Å². The molecule has 1 heterocycles. The molecule has 1 aliphatic carbocycles. The van der Waals surface area contributed by atoms with Crippen LogP contribution in [0.2, 0.25) is 0 Å². The van der Waals surface area contributed by atoms with Crippen molar-refractivity contribution in [2.45, 2.75) is 38.3 Å². The molecule has 3 nitrogen and oxygen atoms in total. The lowest BCUT2D eigenvalue weighted by molar-refractivity contribution is 0.237. The summed E-state index contributed by atoms with van der Waals surface area (Å²) in [5.41, 5.74) is 1.69. The SMILES string of the molecule is CN(Cc1ccnc(C#N)c1)C1CCCC1. The molecule has 0 aliphatic heterocycles. The minimum Gasteiger partial charge on any atom is -0.299 e. The molecule has 0 aromatic carbocycles. The Hall–Kier alpha value is -1.40. The third-order valence-corrected chi connectivity index (χ3v) is 3.32. The fraction of sp³-hybridized carbons (Fsp3) is 0.538. The number of rotatable bonds is 3. The molecule has 1 aliphatic rings. The van der Waals surface area contributed by atoms with Crippen LogP contribution >= 0.6 is 0 Å². The number of nitriles is 1. The van der Waals surface area contributed by atoms with Gasteiger partial charge in [-0.1, -0.05) is 12.8 Å². The Balaban J connectivity index is 2.00. The average molecular weight is 215 g/mol. The first kappa shape index (κ1) is 11.1. The highest BCUT2D eigenvalue weighted by molar-refractivity contribution is 5.25. The normalized spacial score (nSPS) is 16.6. The van der Waals surface area contributed by atoms with E-state index in [0.717, 1.165) is 12.6 Å². The molecule has 1 fully saturated rings. The molecule has 0 bridgehead atoms. The van der Waals surface area contributed by atoms with Crippen LogP contribution in [0.4, 0.5) is 0 Å². The first-order valence-corrected chi connectivity index (χ1v) is 5.85. The molecule has 0 spiro atoms. The minimum atomic E-state index is 0.511. The third kappa shape index (κ3) is 2.59. The Kier molecular flexibility index (Phi) is 3.53. The zero-order valence-electron chi connectivity index (χ0n) is 9.69. The zero-order chi connectivity index (χ0) is 11.4. The molecule has 16 heavy (non-hydrogen) atoms. The van der Waals surface area contributed by atoms with Gasteiger partial charge in [-0.25, -0.2) is 4.98 Å². The van der Waals surface area contributed by atoms with Gasteiger partial charge >= 0.3 is 0 Å². The zero-order valence-corrected chi connectivity index (χ0v) is 9.69. The van der Waals surface area contributed by atoms with E-state index < -0.39 is 0 Å². The average Bonchev–Trinajstić information content (AvgIpc) is 2.83. The van der Waals surface area contributed by atoms with Gasteiger partial charge in [0.25, 0.3) is 0 Å². The standard InChI is InChI=1S/C13H17N3/c1-16(13-4-2-3-5-13)10-11-6-7-15-12(8-11)9-14/h6-8,13H,2-5,10H2,1H3. The van der Waals surface area contributed by atoms with Gasteiger partial charge in [-0.2, -0.15) is 5.26 Å². The van der Waals surface area contributed by atoms with Gasteiger partial charge in [-0.05, 0) is 37.6 Å². The van der Waals surface area contributed by atoms with Crippen molar-refractivity contribution in [2.75, 3.05) is 7.05 Å². The van der Waals surface area contributed by atoms with Crippen LogP contribution in [0.15, 0.2) is 18.3 Å². The van der Waals surface area contributed by atoms with Crippen LogP contribution in [0, 0.1) is 11.3 Å². The lowest BCUT2D eigenvalue weighted by atomic mass is 10.1. The summed E-state index contributed by atoms with van der Waals surface area (Å²) >= 11 is 0. The van der Waals surface area contributed by atoms with E-state index >= 15 is 0 Å². The van der Waals surface area contributed by atoms with E-state index in [9.17, 15) is 0 Å². The predicted octanol–water partition coefficient (Wildman–Crippen LogP) is 2.33. The highest BCUT2D eigenvalue weighted by Crippen LogP contribution is 2.23. The monoisotopic (exact) mass is 215 g/mol. The van der Waals surface area contributed by atoms with Crippen LogP contribution in [0.3, 0.4) is 0 Å². The summed E-state index contributed by atoms with van der Waals surface area (Å²) in [6.07, 6.45) is 7.05. The summed E-state index contributed by atoms with van der Waals surface area (Å²) in [5.74, 6) is 0. The molecule has 84 valence electrons. The Labute approximate surface area is 96.7 Å². The Morgan fingerprint density at radius 2 is 2.25 bits per heavy atom. The maximum Gasteiger partial charge on any atom is 0.140 e. The second-order valence-corrected chi connectivity index (χ2v) is 4.51. The van der Waals surface area contributed by atoms with Crippen molar-refractivity contribution < 1.29 is 0 Å². The molecule has 3 heteroatoms. The van der Waals surface area contributed by atoms with E-state index in [1.54, 1.807) is 6.20 Å². The Bertz CT molecular complexity index is 388. The van der Waals surface area contributed by atoms with Crippen LogP contribution < -0.4 is 0 Å². The van der Waals surface area contributed by atoms with Crippen molar-refractivity contribution in [2.24, 2.45) is 0 Å². The number of pyridine rings is 1. The van der Waals surface area contributed by atoms with Crippen molar-refractivity contribution in [3.05, 3.63) is 29.6 Å². The largest absolute Gasteiger partial charge is 0.299 e. The number of hydrogen-bond acceptors (Lipinski definition) is 3. The molecule has 2 rings (SSSR count). The molecule has 0 atom stereocenters. The van der Waals surface area contributed by atoms with Gasteiger partial charge in [0.2, 0.25) is 0 Å². The van der Waals surface area contributed by atoms with Crippen LogP contribution in [0.5, 0.6) is 0 Å². The van der Waals surface area contributed by atoms with Crippen LogP contribution in [-0.2, 0) is 6.54 Å². The molecular formula is C13H17N3. The van der Waals surface area contributed by atoms with E-state index in [-0.39, 0.29) is 0 Å². The second kappa shape index (κ2) is 5.09. The van der Waals surface area contributed by atoms with Gasteiger partial charge in [-0.3, -0.25) is 4.90 Å². The number of aromatic nitrogens is 1. The van der Waals surface area contributed by atoms with E-state index in [0.29, 0.717) is 5.69 Å². The Morgan fingerprint density at radius 1 is 1.50 bits per heavy atom. The highest BCUT2D eigenvalue weighted by atomic mass is 15.1. The Morgan fingerprint density at radius 3 is 2.94 bits per heavy atom. The number of hydrogen-bond donors (Lipinski definition) is 0. The molecule has 0 N–H and O–H groups in total. The van der Waals surface area contributed by atoms with Crippen molar-refractivity contribution >= 4 is 0 Å². The molecular weight excluding hydrogens is 198 g/mol. The highest BCUT2D eigenvalue weighted by Gasteiger charge is 2.19. The van der Waals surface area contributed by atoms with E-state index in [1.807, 2.05) is 12.1 Å². The van der Waals surface area contributed by atoms with E-state index in [4.69, 9.17) is 5.26 Å². The number of nitrogens with zero attached hydrogens (tertiary/aromatic N) is 3. The van der Waals surface area contributed by atoms with Gasteiger partial charge in [0.15, 0.2) is 0 Å². The summed E-state index contributed by atoms with van der Waals surface area (Å²) in [5, 5.41) is 8.78.